The minimum absolute atomic E-state index is 0.656. The topological polar surface area (TPSA) is 65.5 Å². The lowest BCUT2D eigenvalue weighted by Gasteiger charge is -2.22. The molecule has 0 saturated carbocycles. The fraction of sp³-hybridized carbons (Fsp3) is 0.727. The molecule has 1 aromatic heterocycles. The van der Waals surface area contributed by atoms with E-state index in [1.54, 1.807) is 18.9 Å². The van der Waals surface area contributed by atoms with Crippen LogP contribution in [-0.2, 0) is 16.5 Å². The Morgan fingerprint density at radius 1 is 1.29 bits per heavy atom. The van der Waals surface area contributed by atoms with Crippen LogP contribution in [0.25, 0.3) is 0 Å². The van der Waals surface area contributed by atoms with E-state index in [1.807, 2.05) is 13.2 Å². The number of hydrogen-bond acceptors (Lipinski definition) is 5. The van der Waals surface area contributed by atoms with Gasteiger partial charge in [-0.1, -0.05) is 0 Å². The summed E-state index contributed by atoms with van der Waals surface area (Å²) >= 11 is 0. The monoisotopic (exact) mass is 242 g/mol. The second kappa shape index (κ2) is 7.13. The number of methoxy groups -OCH3 is 2. The summed E-state index contributed by atoms with van der Waals surface area (Å²) in [6.07, 6.45) is 2.75. The molecular formula is C11H22N4O2. The molecule has 0 fully saturated rings. The average molecular weight is 242 g/mol. The highest BCUT2D eigenvalue weighted by molar-refractivity contribution is 5.61. The van der Waals surface area contributed by atoms with Crippen LogP contribution in [0.4, 0.5) is 11.5 Å². The normalized spacial score (nSPS) is 10.8. The van der Waals surface area contributed by atoms with Crippen LogP contribution in [0.15, 0.2) is 6.20 Å². The summed E-state index contributed by atoms with van der Waals surface area (Å²) in [5.74, 6) is 0.820. The molecule has 0 unspecified atom stereocenters. The maximum Gasteiger partial charge on any atom is 0.173 e. The third-order valence-electron chi connectivity index (χ3n) is 2.48. The third kappa shape index (κ3) is 4.24. The van der Waals surface area contributed by atoms with Gasteiger partial charge in [-0.3, -0.25) is 4.68 Å². The van der Waals surface area contributed by atoms with Crippen LogP contribution >= 0.6 is 0 Å². The highest BCUT2D eigenvalue weighted by Gasteiger charge is 2.13. The second-order valence-electron chi connectivity index (χ2n) is 3.91. The molecule has 0 bridgehead atoms. The van der Waals surface area contributed by atoms with E-state index in [0.29, 0.717) is 12.3 Å². The molecule has 2 N–H and O–H groups in total. The zero-order chi connectivity index (χ0) is 12.7. The number of nitrogens with zero attached hydrogens (tertiary/aromatic N) is 3. The van der Waals surface area contributed by atoms with Gasteiger partial charge in [-0.05, 0) is 6.42 Å². The molecule has 98 valence electrons. The zero-order valence-electron chi connectivity index (χ0n) is 10.8. The van der Waals surface area contributed by atoms with Gasteiger partial charge in [-0.2, -0.15) is 5.10 Å². The lowest BCUT2D eigenvalue weighted by atomic mass is 10.3. The largest absolute Gasteiger partial charge is 0.394 e. The van der Waals surface area contributed by atoms with Crippen molar-refractivity contribution in [1.29, 1.82) is 0 Å². The van der Waals surface area contributed by atoms with E-state index in [4.69, 9.17) is 15.2 Å². The van der Waals surface area contributed by atoms with E-state index in [1.165, 1.54) is 0 Å². The minimum atomic E-state index is 0.656. The molecule has 17 heavy (non-hydrogen) atoms. The highest BCUT2D eigenvalue weighted by atomic mass is 16.5. The molecule has 6 nitrogen and oxygen atoms in total. The van der Waals surface area contributed by atoms with Crippen molar-refractivity contribution < 1.29 is 9.47 Å². The van der Waals surface area contributed by atoms with Crippen molar-refractivity contribution in [2.75, 3.05) is 51.2 Å². The predicted octanol–water partition coefficient (Wildman–Crippen LogP) is 0.492. The van der Waals surface area contributed by atoms with E-state index in [2.05, 4.69) is 10.00 Å². The number of nitrogens with two attached hydrogens (primary N) is 1. The first-order chi connectivity index (χ1) is 8.19. The van der Waals surface area contributed by atoms with Gasteiger partial charge < -0.3 is 20.1 Å². The Labute approximate surface area is 102 Å². The Bertz CT molecular complexity index is 327. The number of aryl methyl sites for hydroxylation is 1. The Morgan fingerprint density at radius 2 is 2.00 bits per heavy atom. The van der Waals surface area contributed by atoms with E-state index in [-0.39, 0.29) is 0 Å². The number of ether oxygens (including phenoxy) is 2. The van der Waals surface area contributed by atoms with Crippen molar-refractivity contribution in [3.8, 4) is 0 Å². The van der Waals surface area contributed by atoms with Gasteiger partial charge in [0.2, 0.25) is 0 Å². The molecule has 6 heteroatoms. The second-order valence-corrected chi connectivity index (χ2v) is 3.91. The van der Waals surface area contributed by atoms with Crippen molar-refractivity contribution >= 4 is 11.5 Å². The van der Waals surface area contributed by atoms with Crippen LogP contribution < -0.4 is 10.6 Å². The van der Waals surface area contributed by atoms with E-state index >= 15 is 0 Å². The first-order valence-electron chi connectivity index (χ1n) is 5.71. The Balaban J connectivity index is 2.64. The van der Waals surface area contributed by atoms with Gasteiger partial charge in [-0.25, -0.2) is 0 Å². The number of anilines is 2. The molecule has 1 rings (SSSR count). The van der Waals surface area contributed by atoms with Crippen molar-refractivity contribution in [1.82, 2.24) is 9.78 Å². The molecule has 0 amide bonds. The number of aromatic nitrogens is 2. The van der Waals surface area contributed by atoms with Crippen molar-refractivity contribution in [3.63, 3.8) is 0 Å². The molecular weight excluding hydrogens is 220 g/mol. The quantitative estimate of drug-likeness (QED) is 0.672. The molecule has 0 aliphatic carbocycles. The van der Waals surface area contributed by atoms with Gasteiger partial charge in [-0.15, -0.1) is 0 Å². The summed E-state index contributed by atoms with van der Waals surface area (Å²) in [7, 11) is 5.26. The summed E-state index contributed by atoms with van der Waals surface area (Å²) in [5.41, 5.74) is 6.62. The predicted molar refractivity (Wildman–Crippen MR) is 68.2 cm³/mol. The molecule has 0 spiro atoms. The van der Waals surface area contributed by atoms with Crippen LogP contribution in [0.5, 0.6) is 0 Å². The molecule has 0 saturated heterocycles. The van der Waals surface area contributed by atoms with Gasteiger partial charge in [0.25, 0.3) is 0 Å². The lowest BCUT2D eigenvalue weighted by Crippen LogP contribution is -2.30. The minimum Gasteiger partial charge on any atom is -0.394 e. The number of nitrogen functional groups attached to an aromatic ring is 1. The Hall–Kier alpha value is -1.27. The van der Waals surface area contributed by atoms with Crippen molar-refractivity contribution in [2.24, 2.45) is 7.05 Å². The van der Waals surface area contributed by atoms with Gasteiger partial charge in [0.15, 0.2) is 5.82 Å². The fourth-order valence-electron chi connectivity index (χ4n) is 1.67. The lowest BCUT2D eigenvalue weighted by molar-refractivity contribution is 0.191. The highest BCUT2D eigenvalue weighted by Crippen LogP contribution is 2.20. The standard InChI is InChI=1S/C11H22N4O2/c1-14-9-10(12)11(13-14)15(6-8-17-3)5-4-7-16-2/h9H,4-8,12H2,1-3H3. The van der Waals surface area contributed by atoms with Gasteiger partial charge in [0.1, 0.15) is 0 Å². The van der Waals surface area contributed by atoms with Crippen LogP contribution in [-0.4, -0.2) is 50.3 Å². The van der Waals surface area contributed by atoms with Gasteiger partial charge in [0, 0.05) is 47.2 Å². The van der Waals surface area contributed by atoms with Gasteiger partial charge in [0.05, 0.1) is 12.3 Å². The summed E-state index contributed by atoms with van der Waals surface area (Å²) in [6, 6.07) is 0. The molecule has 0 atom stereocenters. The fourth-order valence-corrected chi connectivity index (χ4v) is 1.67. The van der Waals surface area contributed by atoms with E-state index in [9.17, 15) is 0 Å². The maximum absolute atomic E-state index is 5.92. The summed E-state index contributed by atoms with van der Waals surface area (Å²) in [5, 5.41) is 4.36. The smallest absolute Gasteiger partial charge is 0.173 e. The van der Waals surface area contributed by atoms with Gasteiger partial charge >= 0.3 is 0 Å². The van der Waals surface area contributed by atoms with Crippen LogP contribution in [0.1, 0.15) is 6.42 Å². The van der Waals surface area contributed by atoms with Crippen LogP contribution in [0.3, 0.4) is 0 Å². The number of hydrogen-bond donors (Lipinski definition) is 1. The summed E-state index contributed by atoms with van der Waals surface area (Å²) in [6.45, 7) is 3.03. The van der Waals surface area contributed by atoms with Crippen molar-refractivity contribution in [2.45, 2.75) is 6.42 Å². The first kappa shape index (κ1) is 13.8. The van der Waals surface area contributed by atoms with Crippen molar-refractivity contribution in [3.05, 3.63) is 6.20 Å². The first-order valence-corrected chi connectivity index (χ1v) is 5.71. The molecule has 0 aromatic carbocycles. The summed E-state index contributed by atoms with van der Waals surface area (Å²) < 4.78 is 11.9. The Morgan fingerprint density at radius 3 is 2.53 bits per heavy atom. The van der Waals surface area contributed by atoms with Crippen LogP contribution in [0, 0.1) is 0 Å². The Kier molecular flexibility index (Phi) is 5.79. The molecule has 1 aromatic rings. The molecule has 0 radical (unpaired) electrons. The molecule has 0 aliphatic rings. The summed E-state index contributed by atoms with van der Waals surface area (Å²) in [4.78, 5) is 2.12. The average Bonchev–Trinajstić information content (AvgIpc) is 2.63. The SMILES string of the molecule is COCCCN(CCOC)c1nn(C)cc1N. The van der Waals surface area contributed by atoms with E-state index in [0.717, 1.165) is 31.9 Å². The number of rotatable bonds is 8. The van der Waals surface area contributed by atoms with Crippen LogP contribution in [0.2, 0.25) is 0 Å². The van der Waals surface area contributed by atoms with E-state index < -0.39 is 0 Å². The molecule has 0 aliphatic heterocycles. The molecule has 1 heterocycles. The third-order valence-corrected chi connectivity index (χ3v) is 2.48. The zero-order valence-corrected chi connectivity index (χ0v) is 10.8. The maximum atomic E-state index is 5.92.